The summed E-state index contributed by atoms with van der Waals surface area (Å²) in [6.07, 6.45) is 0.486. The molecule has 0 aromatic heterocycles. The lowest BCUT2D eigenvalue weighted by Gasteiger charge is -2.17. The molecule has 2 aromatic carbocycles. The quantitative estimate of drug-likeness (QED) is 0.562. The normalized spacial score (nSPS) is 11.5. The number of urea groups is 1. The predicted octanol–water partition coefficient (Wildman–Crippen LogP) is 2.32. The van der Waals surface area contributed by atoms with E-state index >= 15 is 0 Å². The number of aliphatic hydroxyl groups is 1. The van der Waals surface area contributed by atoms with Crippen LogP contribution in [0, 0.1) is 10.1 Å². The molecule has 7 heteroatoms. The maximum absolute atomic E-state index is 11.9. The summed E-state index contributed by atoms with van der Waals surface area (Å²) in [6, 6.07) is 14.1. The van der Waals surface area contributed by atoms with Gasteiger partial charge in [0.05, 0.1) is 17.6 Å². The summed E-state index contributed by atoms with van der Waals surface area (Å²) >= 11 is 0. The van der Waals surface area contributed by atoms with E-state index in [0.717, 1.165) is 5.56 Å². The van der Waals surface area contributed by atoms with Gasteiger partial charge in [-0.3, -0.25) is 10.1 Å². The van der Waals surface area contributed by atoms with Crippen LogP contribution in [0.4, 0.5) is 16.2 Å². The highest BCUT2D eigenvalue weighted by molar-refractivity contribution is 5.89. The molecule has 2 aromatic rings. The Labute approximate surface area is 133 Å². The second-order valence-corrected chi connectivity index (χ2v) is 4.98. The van der Waals surface area contributed by atoms with Crippen LogP contribution in [0.5, 0.6) is 0 Å². The lowest BCUT2D eigenvalue weighted by molar-refractivity contribution is -0.384. The first kappa shape index (κ1) is 16.4. The van der Waals surface area contributed by atoms with Gasteiger partial charge in [-0.15, -0.1) is 0 Å². The minimum Gasteiger partial charge on any atom is -0.394 e. The second-order valence-electron chi connectivity index (χ2n) is 4.98. The van der Waals surface area contributed by atoms with Crippen LogP contribution in [0.2, 0.25) is 0 Å². The van der Waals surface area contributed by atoms with Crippen molar-refractivity contribution in [1.82, 2.24) is 5.32 Å². The minimum atomic E-state index is -0.533. The topological polar surface area (TPSA) is 104 Å². The van der Waals surface area contributed by atoms with Crippen molar-refractivity contribution in [1.29, 1.82) is 0 Å². The lowest BCUT2D eigenvalue weighted by atomic mass is 10.1. The van der Waals surface area contributed by atoms with Crippen LogP contribution < -0.4 is 10.6 Å². The number of non-ortho nitro benzene ring substituents is 1. The largest absolute Gasteiger partial charge is 0.394 e. The number of nitrogens with zero attached hydrogens (tertiary/aromatic N) is 1. The number of carbonyl (C=O) groups is 1. The van der Waals surface area contributed by atoms with Gasteiger partial charge in [-0.05, 0) is 18.1 Å². The Bertz CT molecular complexity index is 676. The van der Waals surface area contributed by atoms with Gasteiger partial charge >= 0.3 is 6.03 Å². The summed E-state index contributed by atoms with van der Waals surface area (Å²) in [4.78, 5) is 22.1. The number of benzene rings is 2. The van der Waals surface area contributed by atoms with Crippen molar-refractivity contribution < 1.29 is 14.8 Å². The molecular weight excluding hydrogens is 298 g/mol. The molecule has 2 rings (SSSR count). The van der Waals surface area contributed by atoms with E-state index in [4.69, 9.17) is 0 Å². The van der Waals surface area contributed by atoms with Crippen molar-refractivity contribution in [2.45, 2.75) is 12.5 Å². The van der Waals surface area contributed by atoms with Crippen LogP contribution in [0.15, 0.2) is 54.6 Å². The standard InChI is InChI=1S/C16H17N3O4/c20-11-14(9-12-5-2-1-3-6-12)18-16(21)17-13-7-4-8-15(10-13)19(22)23/h1-8,10,14,20H,9,11H2,(H2,17,18,21). The van der Waals surface area contributed by atoms with Crippen LogP contribution in [0.25, 0.3) is 0 Å². The van der Waals surface area contributed by atoms with E-state index in [1.807, 2.05) is 30.3 Å². The fraction of sp³-hybridized carbons (Fsp3) is 0.188. The summed E-state index contributed by atoms with van der Waals surface area (Å²) < 4.78 is 0. The third kappa shape index (κ3) is 5.08. The molecule has 0 radical (unpaired) electrons. The Morgan fingerprint density at radius 2 is 1.91 bits per heavy atom. The smallest absolute Gasteiger partial charge is 0.319 e. The molecule has 1 unspecified atom stereocenters. The number of nitro groups is 1. The van der Waals surface area contributed by atoms with Crippen molar-refractivity contribution in [3.63, 3.8) is 0 Å². The zero-order valence-electron chi connectivity index (χ0n) is 12.3. The highest BCUT2D eigenvalue weighted by atomic mass is 16.6. The van der Waals surface area contributed by atoms with Crippen LogP contribution >= 0.6 is 0 Å². The first-order valence-corrected chi connectivity index (χ1v) is 7.05. The van der Waals surface area contributed by atoms with Gasteiger partial charge in [0.15, 0.2) is 0 Å². The summed E-state index contributed by atoms with van der Waals surface area (Å²) in [6.45, 7) is -0.211. The summed E-state index contributed by atoms with van der Waals surface area (Å²) in [7, 11) is 0. The van der Waals surface area contributed by atoms with E-state index in [2.05, 4.69) is 10.6 Å². The summed E-state index contributed by atoms with van der Waals surface area (Å²) in [5.74, 6) is 0. The van der Waals surface area contributed by atoms with Crippen LogP contribution in [-0.2, 0) is 6.42 Å². The fourth-order valence-corrected chi connectivity index (χ4v) is 2.11. The van der Waals surface area contributed by atoms with E-state index in [0.29, 0.717) is 12.1 Å². The van der Waals surface area contributed by atoms with Crippen molar-refractivity contribution in [2.24, 2.45) is 0 Å². The molecule has 120 valence electrons. The van der Waals surface area contributed by atoms with Gasteiger partial charge in [-0.1, -0.05) is 36.4 Å². The Kier molecular flexibility index (Phi) is 5.65. The third-order valence-electron chi connectivity index (χ3n) is 3.20. The number of aliphatic hydroxyl groups excluding tert-OH is 1. The Morgan fingerprint density at radius 1 is 1.17 bits per heavy atom. The van der Waals surface area contributed by atoms with Crippen molar-refractivity contribution in [3.8, 4) is 0 Å². The van der Waals surface area contributed by atoms with Crippen LogP contribution in [0.3, 0.4) is 0 Å². The van der Waals surface area contributed by atoms with Gasteiger partial charge in [-0.25, -0.2) is 4.79 Å². The van der Waals surface area contributed by atoms with Crippen LogP contribution in [0.1, 0.15) is 5.56 Å². The molecule has 0 bridgehead atoms. The van der Waals surface area contributed by atoms with Gasteiger partial charge in [0.25, 0.3) is 5.69 Å². The molecular formula is C16H17N3O4. The van der Waals surface area contributed by atoms with Gasteiger partial charge in [-0.2, -0.15) is 0 Å². The minimum absolute atomic E-state index is 0.106. The maximum atomic E-state index is 11.9. The number of hydrogen-bond acceptors (Lipinski definition) is 4. The van der Waals surface area contributed by atoms with Gasteiger partial charge in [0.1, 0.15) is 0 Å². The molecule has 0 aliphatic carbocycles. The van der Waals surface area contributed by atoms with Gasteiger partial charge < -0.3 is 15.7 Å². The first-order valence-electron chi connectivity index (χ1n) is 7.05. The molecule has 23 heavy (non-hydrogen) atoms. The van der Waals surface area contributed by atoms with Crippen molar-refractivity contribution in [2.75, 3.05) is 11.9 Å². The zero-order chi connectivity index (χ0) is 16.7. The van der Waals surface area contributed by atoms with Crippen molar-refractivity contribution >= 4 is 17.4 Å². The van der Waals surface area contributed by atoms with Crippen molar-refractivity contribution in [3.05, 3.63) is 70.3 Å². The van der Waals surface area contributed by atoms with E-state index in [1.165, 1.54) is 18.2 Å². The van der Waals surface area contributed by atoms with E-state index in [-0.39, 0.29) is 12.3 Å². The third-order valence-corrected chi connectivity index (χ3v) is 3.20. The Balaban J connectivity index is 1.95. The SMILES string of the molecule is O=C(Nc1cccc([N+](=O)[O-])c1)NC(CO)Cc1ccccc1. The van der Waals surface area contributed by atoms with Crippen LogP contribution in [-0.4, -0.2) is 28.7 Å². The summed E-state index contributed by atoms with van der Waals surface area (Å²) in [5, 5.41) is 25.3. The first-order chi connectivity index (χ1) is 11.1. The molecule has 0 aliphatic rings. The molecule has 3 N–H and O–H groups in total. The van der Waals surface area contributed by atoms with E-state index < -0.39 is 17.0 Å². The number of amides is 2. The molecule has 0 saturated heterocycles. The number of anilines is 1. The molecule has 0 fully saturated rings. The Morgan fingerprint density at radius 3 is 2.57 bits per heavy atom. The molecule has 0 aliphatic heterocycles. The number of carbonyl (C=O) groups excluding carboxylic acids is 1. The number of nitro benzene ring substituents is 1. The van der Waals surface area contributed by atoms with Gasteiger partial charge in [0.2, 0.25) is 0 Å². The molecule has 0 saturated carbocycles. The molecule has 2 amide bonds. The number of rotatable bonds is 6. The van der Waals surface area contributed by atoms with Gasteiger partial charge in [0, 0.05) is 17.8 Å². The number of nitrogens with one attached hydrogen (secondary N) is 2. The average Bonchev–Trinajstić information content (AvgIpc) is 2.55. The predicted molar refractivity (Wildman–Crippen MR) is 86.3 cm³/mol. The summed E-state index contributed by atoms with van der Waals surface area (Å²) in [5.41, 5.74) is 1.20. The second kappa shape index (κ2) is 7.90. The fourth-order valence-electron chi connectivity index (χ4n) is 2.11. The molecule has 0 heterocycles. The highest BCUT2D eigenvalue weighted by Gasteiger charge is 2.13. The average molecular weight is 315 g/mol. The number of hydrogen-bond donors (Lipinski definition) is 3. The molecule has 0 spiro atoms. The Hall–Kier alpha value is -2.93. The van der Waals surface area contributed by atoms with E-state index in [1.54, 1.807) is 6.07 Å². The maximum Gasteiger partial charge on any atom is 0.319 e. The zero-order valence-corrected chi connectivity index (χ0v) is 12.3. The van der Waals surface area contributed by atoms with E-state index in [9.17, 15) is 20.0 Å². The lowest BCUT2D eigenvalue weighted by Crippen LogP contribution is -2.41. The molecule has 7 nitrogen and oxygen atoms in total. The monoisotopic (exact) mass is 315 g/mol. The highest BCUT2D eigenvalue weighted by Crippen LogP contribution is 2.16. The molecule has 1 atom stereocenters.